The third kappa shape index (κ3) is 4.42. The van der Waals surface area contributed by atoms with Crippen LogP contribution in [0.4, 0.5) is 4.79 Å². The van der Waals surface area contributed by atoms with Gasteiger partial charge in [-0.2, -0.15) is 0 Å². The molecule has 0 aromatic rings. The maximum absolute atomic E-state index is 11.3. The molecule has 0 aromatic heterocycles. The van der Waals surface area contributed by atoms with Crippen molar-refractivity contribution < 1.29 is 19.2 Å². The van der Waals surface area contributed by atoms with Gasteiger partial charge in [0.25, 0.3) is 11.8 Å². The van der Waals surface area contributed by atoms with Gasteiger partial charge in [0, 0.05) is 19.4 Å². The van der Waals surface area contributed by atoms with Crippen LogP contribution in [-0.4, -0.2) is 29.5 Å². The van der Waals surface area contributed by atoms with Crippen molar-refractivity contribution in [2.75, 3.05) is 6.54 Å². The van der Waals surface area contributed by atoms with Gasteiger partial charge in [-0.3, -0.25) is 9.59 Å². The lowest BCUT2D eigenvalue weighted by Gasteiger charge is -2.18. The Kier molecular flexibility index (Phi) is 4.09. The fourth-order valence-corrected chi connectivity index (χ4v) is 1.31. The number of hydroxylamine groups is 2. The fraction of sp³-hybridized carbons (Fsp3) is 0.727. The van der Waals surface area contributed by atoms with Crippen molar-refractivity contribution in [2.24, 2.45) is 5.41 Å². The van der Waals surface area contributed by atoms with E-state index in [0.717, 1.165) is 6.42 Å². The smallest absolute Gasteiger partial charge is 0.320 e. The van der Waals surface area contributed by atoms with Crippen LogP contribution in [0.3, 0.4) is 0 Å². The lowest BCUT2D eigenvalue weighted by molar-refractivity contribution is -0.171. The Hall–Kier alpha value is -1.59. The van der Waals surface area contributed by atoms with Crippen molar-refractivity contribution in [3.05, 3.63) is 0 Å². The molecule has 1 saturated heterocycles. The Morgan fingerprint density at radius 2 is 1.82 bits per heavy atom. The molecule has 0 spiro atoms. The maximum Gasteiger partial charge on any atom is 0.432 e. The first kappa shape index (κ1) is 13.5. The zero-order valence-corrected chi connectivity index (χ0v) is 10.4. The van der Waals surface area contributed by atoms with Crippen molar-refractivity contribution in [2.45, 2.75) is 40.0 Å². The standard InChI is InChI=1S/C11H18N2O4/c1-11(2,3)6-7-12-10(16)17-13-8(14)4-5-9(13)15/h4-7H2,1-3H3,(H,12,16). The van der Waals surface area contributed by atoms with Gasteiger partial charge in [0.05, 0.1) is 0 Å². The van der Waals surface area contributed by atoms with E-state index in [0.29, 0.717) is 11.6 Å². The number of hydrogen-bond acceptors (Lipinski definition) is 4. The Balaban J connectivity index is 2.30. The van der Waals surface area contributed by atoms with Crippen LogP contribution in [0.15, 0.2) is 0 Å². The van der Waals surface area contributed by atoms with Crippen LogP contribution in [0.2, 0.25) is 0 Å². The predicted molar refractivity (Wildman–Crippen MR) is 59.6 cm³/mol. The van der Waals surface area contributed by atoms with E-state index in [1.807, 2.05) is 20.8 Å². The highest BCUT2D eigenvalue weighted by Crippen LogP contribution is 2.17. The van der Waals surface area contributed by atoms with Crippen molar-refractivity contribution in [1.82, 2.24) is 10.4 Å². The van der Waals surface area contributed by atoms with E-state index in [9.17, 15) is 14.4 Å². The highest BCUT2D eigenvalue weighted by molar-refractivity contribution is 6.01. The second kappa shape index (κ2) is 5.16. The molecule has 0 saturated carbocycles. The molecule has 1 aliphatic rings. The summed E-state index contributed by atoms with van der Waals surface area (Å²) in [7, 11) is 0. The number of nitrogens with one attached hydrogen (secondary N) is 1. The number of carbonyl (C=O) groups excluding carboxylic acids is 3. The number of rotatable bonds is 3. The minimum absolute atomic E-state index is 0.104. The van der Waals surface area contributed by atoms with Crippen LogP contribution < -0.4 is 5.32 Å². The summed E-state index contributed by atoms with van der Waals surface area (Å²) in [5.74, 6) is -0.943. The molecule has 1 aliphatic heterocycles. The van der Waals surface area contributed by atoms with Gasteiger partial charge in [0.15, 0.2) is 0 Å². The summed E-state index contributed by atoms with van der Waals surface area (Å²) in [4.78, 5) is 38.2. The molecule has 1 fully saturated rings. The van der Waals surface area contributed by atoms with Gasteiger partial charge in [-0.15, -0.1) is 5.06 Å². The van der Waals surface area contributed by atoms with Gasteiger partial charge in [-0.05, 0) is 11.8 Å². The molecule has 1 rings (SSSR count). The largest absolute Gasteiger partial charge is 0.432 e. The van der Waals surface area contributed by atoms with Gasteiger partial charge in [-0.25, -0.2) is 4.79 Å². The van der Waals surface area contributed by atoms with Crippen LogP contribution in [0.1, 0.15) is 40.0 Å². The summed E-state index contributed by atoms with van der Waals surface area (Å²) < 4.78 is 0. The van der Waals surface area contributed by atoms with Crippen LogP contribution in [0.5, 0.6) is 0 Å². The lowest BCUT2D eigenvalue weighted by Crippen LogP contribution is -2.37. The zero-order chi connectivity index (χ0) is 13.1. The SMILES string of the molecule is CC(C)(C)CCNC(=O)ON1C(=O)CCC1=O. The summed E-state index contributed by atoms with van der Waals surface area (Å²) in [6, 6.07) is 0. The van der Waals surface area contributed by atoms with Crippen molar-refractivity contribution in [1.29, 1.82) is 0 Å². The molecule has 96 valence electrons. The molecule has 0 atom stereocenters. The molecule has 17 heavy (non-hydrogen) atoms. The van der Waals surface area contributed by atoms with E-state index < -0.39 is 17.9 Å². The predicted octanol–water partition coefficient (Wildman–Crippen LogP) is 1.21. The topological polar surface area (TPSA) is 75.7 Å². The first-order chi connectivity index (χ1) is 7.79. The minimum Gasteiger partial charge on any atom is -0.320 e. The molecule has 0 unspecified atom stereocenters. The molecular weight excluding hydrogens is 224 g/mol. The second-order valence-corrected chi connectivity index (χ2v) is 5.20. The average Bonchev–Trinajstić information content (AvgIpc) is 2.47. The second-order valence-electron chi connectivity index (χ2n) is 5.20. The van der Waals surface area contributed by atoms with E-state index in [4.69, 9.17) is 0 Å². The first-order valence-corrected chi connectivity index (χ1v) is 5.61. The highest BCUT2D eigenvalue weighted by atomic mass is 16.7. The van der Waals surface area contributed by atoms with Gasteiger partial charge < -0.3 is 10.2 Å². The lowest BCUT2D eigenvalue weighted by atomic mass is 9.92. The Morgan fingerprint density at radius 1 is 1.29 bits per heavy atom. The molecule has 3 amide bonds. The third-order valence-electron chi connectivity index (χ3n) is 2.32. The average molecular weight is 242 g/mol. The van der Waals surface area contributed by atoms with Crippen LogP contribution >= 0.6 is 0 Å². The van der Waals surface area contributed by atoms with E-state index >= 15 is 0 Å². The number of nitrogens with zero attached hydrogens (tertiary/aromatic N) is 1. The Morgan fingerprint density at radius 3 is 2.29 bits per heavy atom. The summed E-state index contributed by atoms with van der Waals surface area (Å²) in [6.45, 7) is 6.59. The summed E-state index contributed by atoms with van der Waals surface area (Å²) in [5.41, 5.74) is 0.104. The number of carbonyl (C=O) groups is 3. The first-order valence-electron chi connectivity index (χ1n) is 5.61. The van der Waals surface area contributed by atoms with E-state index in [1.54, 1.807) is 0 Å². The fourth-order valence-electron chi connectivity index (χ4n) is 1.31. The zero-order valence-electron chi connectivity index (χ0n) is 10.4. The molecule has 0 aromatic carbocycles. The molecule has 6 nitrogen and oxygen atoms in total. The van der Waals surface area contributed by atoms with Crippen molar-refractivity contribution in [3.8, 4) is 0 Å². The highest BCUT2D eigenvalue weighted by Gasteiger charge is 2.32. The van der Waals surface area contributed by atoms with Gasteiger partial charge >= 0.3 is 6.09 Å². The monoisotopic (exact) mass is 242 g/mol. The van der Waals surface area contributed by atoms with E-state index in [1.165, 1.54) is 0 Å². The summed E-state index contributed by atoms with van der Waals surface area (Å²) in [6.07, 6.45) is 0.226. The number of amides is 3. The molecule has 1 N–H and O–H groups in total. The molecule has 0 aliphatic carbocycles. The Bertz CT molecular complexity index is 317. The third-order valence-corrected chi connectivity index (χ3v) is 2.32. The van der Waals surface area contributed by atoms with Gasteiger partial charge in [-0.1, -0.05) is 20.8 Å². The molecule has 0 bridgehead atoms. The quantitative estimate of drug-likeness (QED) is 0.755. The number of imide groups is 1. The molecule has 1 heterocycles. The molecule has 0 radical (unpaired) electrons. The van der Waals surface area contributed by atoms with E-state index in [-0.39, 0.29) is 18.3 Å². The van der Waals surface area contributed by atoms with Crippen LogP contribution in [0.25, 0.3) is 0 Å². The van der Waals surface area contributed by atoms with E-state index in [2.05, 4.69) is 10.2 Å². The number of hydrogen-bond donors (Lipinski definition) is 1. The summed E-state index contributed by atoms with van der Waals surface area (Å²) >= 11 is 0. The Labute approximate surface area is 100 Å². The van der Waals surface area contributed by atoms with Gasteiger partial charge in [0.2, 0.25) is 0 Å². The van der Waals surface area contributed by atoms with Crippen LogP contribution in [0, 0.1) is 5.41 Å². The van der Waals surface area contributed by atoms with Crippen molar-refractivity contribution >= 4 is 17.9 Å². The minimum atomic E-state index is -0.766. The maximum atomic E-state index is 11.3. The van der Waals surface area contributed by atoms with Crippen molar-refractivity contribution in [3.63, 3.8) is 0 Å². The summed E-state index contributed by atoms with van der Waals surface area (Å²) in [5, 5.41) is 3.03. The molecule has 6 heteroatoms. The molecular formula is C11H18N2O4. The normalized spacial score (nSPS) is 16.3. The van der Waals surface area contributed by atoms with Crippen LogP contribution in [-0.2, 0) is 14.4 Å². The van der Waals surface area contributed by atoms with Gasteiger partial charge in [0.1, 0.15) is 0 Å².